The third-order valence-electron chi connectivity index (χ3n) is 1.24. The van der Waals surface area contributed by atoms with Crippen LogP contribution in [0.15, 0.2) is 0 Å². The van der Waals surface area contributed by atoms with Crippen molar-refractivity contribution in [3.05, 3.63) is 0 Å². The molecule has 0 aromatic heterocycles. The van der Waals surface area contributed by atoms with Gasteiger partial charge in [-0.25, -0.2) is 5.43 Å². The van der Waals surface area contributed by atoms with Crippen LogP contribution in [-0.4, -0.2) is 19.0 Å². The Morgan fingerprint density at radius 2 is 2.50 bits per heavy atom. The van der Waals surface area contributed by atoms with Gasteiger partial charge in [0.25, 0.3) is 0 Å². The Bertz CT molecular complexity index is 95.3. The van der Waals surface area contributed by atoms with Crippen molar-refractivity contribution in [3.8, 4) is 0 Å². The van der Waals surface area contributed by atoms with Crippen LogP contribution < -0.4 is 16.6 Å². The van der Waals surface area contributed by atoms with Crippen molar-refractivity contribution in [3.63, 3.8) is 0 Å². The number of nitrogens with two attached hydrogens (primary N) is 1. The number of carbonyl (C=O) groups is 1. The highest BCUT2D eigenvalue weighted by atomic mass is 16.1. The maximum atomic E-state index is 10.1. The Balaban J connectivity index is 2.41. The minimum absolute atomic E-state index is 0.0602. The Hall–Kier alpha value is -0.450. The molecular formula is C4H9N3O. The average Bonchev–Trinajstić information content (AvgIpc) is 2.14. The van der Waals surface area contributed by atoms with Crippen LogP contribution in [0.2, 0.25) is 0 Å². The zero-order valence-corrected chi connectivity index (χ0v) is 4.42. The van der Waals surface area contributed by atoms with Gasteiger partial charge in [-0.15, -0.1) is 0 Å². The normalized spacial score (nSPS) is 37.6. The second-order valence-electron chi connectivity index (χ2n) is 1.85. The highest BCUT2D eigenvalue weighted by Gasteiger charge is 2.21. The molecule has 4 heteroatoms. The number of carbonyl (C=O) groups excluding carboxylic acids is 1. The van der Waals surface area contributed by atoms with Crippen molar-refractivity contribution in [2.75, 3.05) is 6.54 Å². The number of nitrogens with one attached hydrogen (secondary N) is 2. The van der Waals surface area contributed by atoms with E-state index < -0.39 is 0 Å². The number of hydrazine groups is 1. The minimum Gasteiger partial charge on any atom is -0.314 e. The molecule has 4 N–H and O–H groups in total. The fraction of sp³-hybridized carbons (Fsp3) is 0.750. The first-order valence-corrected chi connectivity index (χ1v) is 2.54. The third-order valence-corrected chi connectivity index (χ3v) is 1.24. The molecule has 0 saturated carbocycles. The molecule has 0 bridgehead atoms. The topological polar surface area (TPSA) is 67.2 Å². The summed E-state index contributed by atoms with van der Waals surface area (Å²) in [6.45, 7) is 0.644. The summed E-state index contributed by atoms with van der Waals surface area (Å²) in [5, 5.41) is 0. The first-order valence-electron chi connectivity index (χ1n) is 2.54. The largest absolute Gasteiger partial charge is 0.314 e. The van der Waals surface area contributed by atoms with Crippen molar-refractivity contribution in [2.24, 2.45) is 11.7 Å². The molecule has 1 aliphatic rings. The second-order valence-corrected chi connectivity index (χ2v) is 1.85. The zero-order chi connectivity index (χ0) is 5.98. The molecule has 1 aliphatic heterocycles. The van der Waals surface area contributed by atoms with E-state index >= 15 is 0 Å². The Labute approximate surface area is 47.4 Å². The lowest BCUT2D eigenvalue weighted by atomic mass is 10.1. The van der Waals surface area contributed by atoms with Crippen LogP contribution in [0.3, 0.4) is 0 Å². The summed E-state index contributed by atoms with van der Waals surface area (Å²) in [4.78, 5) is 10.1. The van der Waals surface area contributed by atoms with Crippen molar-refractivity contribution in [1.29, 1.82) is 0 Å². The lowest BCUT2D eigenvalue weighted by Gasteiger charge is -2.03. The number of rotatable bonds is 1. The fourth-order valence-electron chi connectivity index (χ4n) is 0.661. The molecule has 1 fully saturated rings. The van der Waals surface area contributed by atoms with Crippen LogP contribution >= 0.6 is 0 Å². The molecule has 2 atom stereocenters. The summed E-state index contributed by atoms with van der Waals surface area (Å²) in [6, 6.07) is 0. The molecule has 0 aromatic carbocycles. The van der Waals surface area contributed by atoms with Gasteiger partial charge in [0, 0.05) is 6.54 Å². The minimum atomic E-state index is -0.201. The lowest BCUT2D eigenvalue weighted by Crippen LogP contribution is -2.39. The summed E-state index contributed by atoms with van der Waals surface area (Å²) in [7, 11) is 0. The molecule has 1 heterocycles. The third kappa shape index (κ3) is 0.861. The van der Waals surface area contributed by atoms with Gasteiger partial charge in [-0.2, -0.15) is 0 Å². The SMILES string of the molecule is NC1NNCC1C=O. The molecule has 0 aliphatic carbocycles. The quantitative estimate of drug-likeness (QED) is 0.352. The summed E-state index contributed by atoms with van der Waals surface area (Å²) >= 11 is 0. The van der Waals surface area contributed by atoms with Gasteiger partial charge in [-0.05, 0) is 0 Å². The Morgan fingerprint density at radius 1 is 1.75 bits per heavy atom. The smallest absolute Gasteiger partial charge is 0.127 e. The van der Waals surface area contributed by atoms with Gasteiger partial charge in [0.15, 0.2) is 0 Å². The van der Waals surface area contributed by atoms with Gasteiger partial charge in [0.1, 0.15) is 6.29 Å². The molecule has 1 saturated heterocycles. The first kappa shape index (κ1) is 5.68. The molecule has 0 aromatic rings. The van der Waals surface area contributed by atoms with E-state index in [0.29, 0.717) is 6.54 Å². The molecule has 46 valence electrons. The van der Waals surface area contributed by atoms with Crippen LogP contribution in [0.1, 0.15) is 0 Å². The highest BCUT2D eigenvalue weighted by molar-refractivity contribution is 5.55. The summed E-state index contributed by atoms with van der Waals surface area (Å²) in [5.41, 5.74) is 10.9. The standard InChI is InChI=1S/C4H9N3O/c5-4-3(2-8)1-6-7-4/h2-4,6-7H,1,5H2. The Kier molecular flexibility index (Phi) is 1.57. The van der Waals surface area contributed by atoms with Crippen LogP contribution in [0.4, 0.5) is 0 Å². The number of hydrogen-bond donors (Lipinski definition) is 3. The van der Waals surface area contributed by atoms with Crippen molar-refractivity contribution >= 4 is 6.29 Å². The maximum absolute atomic E-state index is 10.1. The summed E-state index contributed by atoms with van der Waals surface area (Å²) in [5.74, 6) is -0.0602. The van der Waals surface area contributed by atoms with Gasteiger partial charge >= 0.3 is 0 Å². The fourth-order valence-corrected chi connectivity index (χ4v) is 0.661. The van der Waals surface area contributed by atoms with Crippen LogP contribution in [0, 0.1) is 5.92 Å². The van der Waals surface area contributed by atoms with Crippen molar-refractivity contribution in [1.82, 2.24) is 10.9 Å². The molecule has 0 amide bonds. The van der Waals surface area contributed by atoms with E-state index in [1.165, 1.54) is 0 Å². The predicted molar refractivity (Wildman–Crippen MR) is 28.7 cm³/mol. The van der Waals surface area contributed by atoms with E-state index in [9.17, 15) is 4.79 Å². The van der Waals surface area contributed by atoms with Crippen molar-refractivity contribution in [2.45, 2.75) is 6.17 Å². The summed E-state index contributed by atoms with van der Waals surface area (Å²) in [6.07, 6.45) is 0.657. The number of aldehydes is 1. The van der Waals surface area contributed by atoms with Gasteiger partial charge < -0.3 is 10.5 Å². The first-order chi connectivity index (χ1) is 3.84. The number of hydrogen-bond acceptors (Lipinski definition) is 4. The van der Waals surface area contributed by atoms with E-state index in [1.54, 1.807) is 0 Å². The van der Waals surface area contributed by atoms with Crippen LogP contribution in [0.25, 0.3) is 0 Å². The maximum Gasteiger partial charge on any atom is 0.127 e. The van der Waals surface area contributed by atoms with E-state index in [2.05, 4.69) is 10.9 Å². The molecular weight excluding hydrogens is 106 g/mol. The molecule has 4 nitrogen and oxygen atoms in total. The van der Waals surface area contributed by atoms with Gasteiger partial charge in [0.2, 0.25) is 0 Å². The Morgan fingerprint density at radius 3 is 2.75 bits per heavy atom. The second kappa shape index (κ2) is 2.21. The lowest BCUT2D eigenvalue weighted by molar-refractivity contribution is -0.110. The van der Waals surface area contributed by atoms with Crippen molar-refractivity contribution < 1.29 is 4.79 Å². The van der Waals surface area contributed by atoms with Gasteiger partial charge in [-0.3, -0.25) is 5.43 Å². The zero-order valence-electron chi connectivity index (χ0n) is 4.42. The molecule has 0 spiro atoms. The van der Waals surface area contributed by atoms with E-state index in [1.807, 2.05) is 0 Å². The highest BCUT2D eigenvalue weighted by Crippen LogP contribution is 1.96. The molecule has 8 heavy (non-hydrogen) atoms. The molecule has 2 unspecified atom stereocenters. The predicted octanol–water partition coefficient (Wildman–Crippen LogP) is -1.81. The van der Waals surface area contributed by atoms with Crippen LogP contribution in [0.5, 0.6) is 0 Å². The van der Waals surface area contributed by atoms with Gasteiger partial charge in [-0.1, -0.05) is 0 Å². The monoisotopic (exact) mass is 115 g/mol. The van der Waals surface area contributed by atoms with Crippen LogP contribution in [-0.2, 0) is 4.79 Å². The average molecular weight is 115 g/mol. The summed E-state index contributed by atoms with van der Waals surface area (Å²) < 4.78 is 0. The molecule has 0 radical (unpaired) electrons. The van der Waals surface area contributed by atoms with E-state index in [0.717, 1.165) is 6.29 Å². The van der Waals surface area contributed by atoms with E-state index in [-0.39, 0.29) is 12.1 Å². The van der Waals surface area contributed by atoms with E-state index in [4.69, 9.17) is 5.73 Å². The molecule has 1 rings (SSSR count). The van der Waals surface area contributed by atoms with Gasteiger partial charge in [0.05, 0.1) is 12.1 Å².